The summed E-state index contributed by atoms with van der Waals surface area (Å²) in [7, 11) is 0. The van der Waals surface area contributed by atoms with Gasteiger partial charge in [0.1, 0.15) is 0 Å². The zero-order chi connectivity index (χ0) is 15.0. The van der Waals surface area contributed by atoms with Gasteiger partial charge < -0.3 is 11.1 Å². The van der Waals surface area contributed by atoms with E-state index in [4.69, 9.17) is 5.73 Å². The van der Waals surface area contributed by atoms with Crippen molar-refractivity contribution in [2.75, 3.05) is 13.1 Å². The molecule has 0 spiro atoms. The molecule has 0 radical (unpaired) electrons. The van der Waals surface area contributed by atoms with Crippen LogP contribution in [0.4, 0.5) is 0 Å². The van der Waals surface area contributed by atoms with Gasteiger partial charge in [-0.25, -0.2) is 0 Å². The minimum atomic E-state index is 0.0284. The van der Waals surface area contributed by atoms with E-state index in [0.717, 1.165) is 30.4 Å². The van der Waals surface area contributed by atoms with Gasteiger partial charge in [0.25, 0.3) is 0 Å². The summed E-state index contributed by atoms with van der Waals surface area (Å²) in [4.78, 5) is 14.4. The molecule has 0 saturated carbocycles. The lowest BCUT2D eigenvalue weighted by Gasteiger charge is -2.43. The summed E-state index contributed by atoms with van der Waals surface area (Å²) in [5.41, 5.74) is 7.53. The van der Waals surface area contributed by atoms with Crippen LogP contribution in [0.3, 0.4) is 0 Å². The molecule has 2 aliphatic heterocycles. The molecule has 2 fully saturated rings. The second-order valence-electron chi connectivity index (χ2n) is 6.15. The maximum absolute atomic E-state index is 12.0. The first-order valence-electron chi connectivity index (χ1n) is 7.62. The summed E-state index contributed by atoms with van der Waals surface area (Å²) in [6.45, 7) is 3.82. The molecule has 1 aromatic carbocycles. The van der Waals surface area contributed by atoms with Crippen LogP contribution < -0.4 is 11.1 Å². The number of piperidine rings is 1. The normalized spacial score (nSPS) is 28.8. The summed E-state index contributed by atoms with van der Waals surface area (Å²) < 4.78 is 1.07. The van der Waals surface area contributed by atoms with E-state index in [0.29, 0.717) is 0 Å². The molecule has 2 heterocycles. The summed E-state index contributed by atoms with van der Waals surface area (Å²) in [6.07, 6.45) is 2.06. The van der Waals surface area contributed by atoms with E-state index in [2.05, 4.69) is 57.3 Å². The van der Waals surface area contributed by atoms with Gasteiger partial charge in [0.05, 0.1) is 5.92 Å². The Morgan fingerprint density at radius 2 is 2.10 bits per heavy atom. The SMILES string of the molecule is CC(N)C(c1ccc(Br)cc1)N1CCCC2C(=O)NCC21. The quantitative estimate of drug-likeness (QED) is 0.876. The van der Waals surface area contributed by atoms with Gasteiger partial charge in [-0.3, -0.25) is 9.69 Å². The third-order valence-electron chi connectivity index (χ3n) is 4.71. The monoisotopic (exact) mass is 351 g/mol. The Kier molecular flexibility index (Phi) is 4.33. The van der Waals surface area contributed by atoms with E-state index >= 15 is 0 Å². The molecule has 0 aliphatic carbocycles. The number of hydrogen-bond donors (Lipinski definition) is 2. The van der Waals surface area contributed by atoms with E-state index < -0.39 is 0 Å². The molecule has 3 rings (SSSR count). The summed E-state index contributed by atoms with van der Waals surface area (Å²) in [6, 6.07) is 8.86. The van der Waals surface area contributed by atoms with Crippen molar-refractivity contribution in [1.29, 1.82) is 0 Å². The fourth-order valence-electron chi connectivity index (χ4n) is 3.79. The zero-order valence-electron chi connectivity index (χ0n) is 12.3. The Labute approximate surface area is 134 Å². The first kappa shape index (κ1) is 15.0. The number of likely N-dealkylation sites (tertiary alicyclic amines) is 1. The van der Waals surface area contributed by atoms with Crippen LogP contribution in [0, 0.1) is 5.92 Å². The molecule has 0 bridgehead atoms. The second kappa shape index (κ2) is 6.07. The van der Waals surface area contributed by atoms with Crippen molar-refractivity contribution >= 4 is 21.8 Å². The molecule has 3 N–H and O–H groups in total. The van der Waals surface area contributed by atoms with Gasteiger partial charge in [-0.15, -0.1) is 0 Å². The van der Waals surface area contributed by atoms with Gasteiger partial charge >= 0.3 is 0 Å². The predicted molar refractivity (Wildman–Crippen MR) is 86.8 cm³/mol. The van der Waals surface area contributed by atoms with Crippen molar-refractivity contribution in [2.24, 2.45) is 11.7 Å². The Morgan fingerprint density at radius 1 is 1.38 bits per heavy atom. The number of fused-ring (bicyclic) bond motifs is 1. The maximum Gasteiger partial charge on any atom is 0.224 e. The molecule has 5 heteroatoms. The molecule has 1 aromatic rings. The molecule has 4 atom stereocenters. The molecule has 1 amide bonds. The fraction of sp³-hybridized carbons (Fsp3) is 0.562. The number of carbonyl (C=O) groups excluding carboxylic acids is 1. The van der Waals surface area contributed by atoms with Gasteiger partial charge in [-0.05, 0) is 44.0 Å². The number of rotatable bonds is 3. The number of benzene rings is 1. The van der Waals surface area contributed by atoms with Crippen molar-refractivity contribution in [3.05, 3.63) is 34.3 Å². The molecule has 21 heavy (non-hydrogen) atoms. The van der Waals surface area contributed by atoms with Crippen LogP contribution in [0.1, 0.15) is 31.4 Å². The third-order valence-corrected chi connectivity index (χ3v) is 5.24. The number of hydrogen-bond acceptors (Lipinski definition) is 3. The van der Waals surface area contributed by atoms with Crippen LogP contribution in [0.2, 0.25) is 0 Å². The zero-order valence-corrected chi connectivity index (χ0v) is 13.8. The van der Waals surface area contributed by atoms with Crippen LogP contribution in [-0.4, -0.2) is 36.0 Å². The number of nitrogens with one attached hydrogen (secondary N) is 1. The van der Waals surface area contributed by atoms with E-state index in [9.17, 15) is 4.79 Å². The molecule has 0 aromatic heterocycles. The van der Waals surface area contributed by atoms with E-state index in [-0.39, 0.29) is 30.0 Å². The Morgan fingerprint density at radius 3 is 2.76 bits per heavy atom. The first-order chi connectivity index (χ1) is 10.1. The molecule has 4 nitrogen and oxygen atoms in total. The van der Waals surface area contributed by atoms with Crippen molar-refractivity contribution in [3.63, 3.8) is 0 Å². The Balaban J connectivity index is 1.90. The second-order valence-corrected chi connectivity index (χ2v) is 7.07. The Bertz CT molecular complexity index is 517. The third kappa shape index (κ3) is 2.87. The van der Waals surface area contributed by atoms with Crippen LogP contribution in [0.5, 0.6) is 0 Å². The highest BCUT2D eigenvalue weighted by atomic mass is 79.9. The number of nitrogens with two attached hydrogens (primary N) is 1. The van der Waals surface area contributed by atoms with E-state index in [1.54, 1.807) is 0 Å². The minimum absolute atomic E-state index is 0.0284. The average Bonchev–Trinajstić information content (AvgIpc) is 2.84. The number of amides is 1. The summed E-state index contributed by atoms with van der Waals surface area (Å²) in [5.74, 6) is 0.347. The molecule has 2 saturated heterocycles. The van der Waals surface area contributed by atoms with Crippen molar-refractivity contribution in [1.82, 2.24) is 10.2 Å². The maximum atomic E-state index is 12.0. The van der Waals surface area contributed by atoms with Crippen LogP contribution >= 0.6 is 15.9 Å². The average molecular weight is 352 g/mol. The highest BCUT2D eigenvalue weighted by molar-refractivity contribution is 9.10. The lowest BCUT2D eigenvalue weighted by Crippen LogP contribution is -2.51. The lowest BCUT2D eigenvalue weighted by atomic mass is 9.87. The largest absolute Gasteiger partial charge is 0.354 e. The van der Waals surface area contributed by atoms with Crippen LogP contribution in [-0.2, 0) is 4.79 Å². The van der Waals surface area contributed by atoms with Crippen LogP contribution in [0.15, 0.2) is 28.7 Å². The molecular weight excluding hydrogens is 330 g/mol. The van der Waals surface area contributed by atoms with Gasteiger partial charge in [0.2, 0.25) is 5.91 Å². The van der Waals surface area contributed by atoms with Gasteiger partial charge in [0.15, 0.2) is 0 Å². The topological polar surface area (TPSA) is 58.4 Å². The van der Waals surface area contributed by atoms with Gasteiger partial charge in [0, 0.05) is 29.1 Å². The lowest BCUT2D eigenvalue weighted by molar-refractivity contribution is -0.124. The van der Waals surface area contributed by atoms with Crippen molar-refractivity contribution < 1.29 is 4.79 Å². The molecule has 114 valence electrons. The molecule has 2 aliphatic rings. The summed E-state index contributed by atoms with van der Waals surface area (Å²) >= 11 is 3.48. The standard InChI is InChI=1S/C16H22BrN3O/c1-10(18)15(11-4-6-12(17)7-5-11)20-8-2-3-13-14(20)9-19-16(13)21/h4-7,10,13-15H,2-3,8-9,18H2,1H3,(H,19,21). The highest BCUT2D eigenvalue weighted by Gasteiger charge is 2.43. The smallest absolute Gasteiger partial charge is 0.224 e. The predicted octanol–water partition coefficient (Wildman–Crippen LogP) is 2.05. The molecule has 4 unspecified atom stereocenters. The number of carbonyl (C=O) groups is 1. The molecular formula is C16H22BrN3O. The van der Waals surface area contributed by atoms with Crippen molar-refractivity contribution in [3.8, 4) is 0 Å². The first-order valence-corrected chi connectivity index (χ1v) is 8.41. The minimum Gasteiger partial charge on any atom is -0.354 e. The summed E-state index contributed by atoms with van der Waals surface area (Å²) in [5, 5.41) is 3.02. The van der Waals surface area contributed by atoms with Crippen LogP contribution in [0.25, 0.3) is 0 Å². The highest BCUT2D eigenvalue weighted by Crippen LogP contribution is 2.35. The van der Waals surface area contributed by atoms with Crippen molar-refractivity contribution in [2.45, 2.75) is 37.9 Å². The fourth-order valence-corrected chi connectivity index (χ4v) is 4.05. The Hall–Kier alpha value is -0.910. The van der Waals surface area contributed by atoms with Gasteiger partial charge in [-0.2, -0.15) is 0 Å². The number of halogens is 1. The number of nitrogens with zero attached hydrogens (tertiary/aromatic N) is 1. The van der Waals surface area contributed by atoms with Gasteiger partial charge in [-0.1, -0.05) is 28.1 Å². The van der Waals surface area contributed by atoms with E-state index in [1.807, 2.05) is 0 Å². The van der Waals surface area contributed by atoms with E-state index in [1.165, 1.54) is 5.56 Å².